The van der Waals surface area contributed by atoms with Gasteiger partial charge < -0.3 is 10.1 Å². The van der Waals surface area contributed by atoms with E-state index in [1.807, 2.05) is 20.8 Å². The number of esters is 1. The molecule has 0 aromatic heterocycles. The SMILES string of the molecule is CCN1CCCC1CNC(=O)CCC(=O)OC(C)(C)C. The Labute approximate surface area is 122 Å². The molecule has 20 heavy (non-hydrogen) atoms. The van der Waals surface area contributed by atoms with Crippen LogP contribution in [0.4, 0.5) is 0 Å². The van der Waals surface area contributed by atoms with Crippen LogP contribution in [0.2, 0.25) is 0 Å². The highest BCUT2D eigenvalue weighted by molar-refractivity contribution is 5.81. The van der Waals surface area contributed by atoms with Crippen LogP contribution in [0.25, 0.3) is 0 Å². The van der Waals surface area contributed by atoms with Gasteiger partial charge in [0.1, 0.15) is 5.60 Å². The summed E-state index contributed by atoms with van der Waals surface area (Å²) in [4.78, 5) is 25.6. The fourth-order valence-electron chi connectivity index (χ4n) is 2.47. The van der Waals surface area contributed by atoms with E-state index in [9.17, 15) is 9.59 Å². The number of carbonyl (C=O) groups excluding carboxylic acids is 2. The molecule has 1 fully saturated rings. The number of nitrogens with one attached hydrogen (secondary N) is 1. The van der Waals surface area contributed by atoms with Crippen molar-refractivity contribution in [1.29, 1.82) is 0 Å². The van der Waals surface area contributed by atoms with Gasteiger partial charge in [0, 0.05) is 19.0 Å². The van der Waals surface area contributed by atoms with E-state index in [2.05, 4.69) is 17.1 Å². The molecule has 0 saturated carbocycles. The number of hydrogen-bond acceptors (Lipinski definition) is 4. The highest BCUT2D eigenvalue weighted by Crippen LogP contribution is 2.15. The lowest BCUT2D eigenvalue weighted by Gasteiger charge is -2.23. The van der Waals surface area contributed by atoms with Gasteiger partial charge >= 0.3 is 5.97 Å². The van der Waals surface area contributed by atoms with E-state index in [1.165, 1.54) is 6.42 Å². The van der Waals surface area contributed by atoms with Crippen LogP contribution >= 0.6 is 0 Å². The third-order valence-corrected chi connectivity index (χ3v) is 3.42. The van der Waals surface area contributed by atoms with Gasteiger partial charge in [-0.2, -0.15) is 0 Å². The van der Waals surface area contributed by atoms with E-state index < -0.39 is 5.60 Å². The van der Waals surface area contributed by atoms with E-state index in [-0.39, 0.29) is 24.7 Å². The zero-order valence-corrected chi connectivity index (χ0v) is 13.2. The molecule has 1 aliphatic rings. The van der Waals surface area contributed by atoms with Crippen LogP contribution in [-0.2, 0) is 14.3 Å². The van der Waals surface area contributed by atoms with Crippen molar-refractivity contribution < 1.29 is 14.3 Å². The average Bonchev–Trinajstić information content (AvgIpc) is 2.79. The second-order valence-electron chi connectivity index (χ2n) is 6.32. The van der Waals surface area contributed by atoms with Gasteiger partial charge in [0.05, 0.1) is 6.42 Å². The first-order valence-electron chi connectivity index (χ1n) is 7.54. The minimum Gasteiger partial charge on any atom is -0.460 e. The summed E-state index contributed by atoms with van der Waals surface area (Å²) >= 11 is 0. The van der Waals surface area contributed by atoms with Gasteiger partial charge in [-0.25, -0.2) is 0 Å². The van der Waals surface area contributed by atoms with E-state index in [0.717, 1.165) is 19.5 Å². The zero-order chi connectivity index (χ0) is 15.2. The summed E-state index contributed by atoms with van der Waals surface area (Å²) in [6, 6.07) is 0.450. The maximum atomic E-state index is 11.7. The summed E-state index contributed by atoms with van der Waals surface area (Å²) in [7, 11) is 0. The maximum absolute atomic E-state index is 11.7. The van der Waals surface area contributed by atoms with Crippen LogP contribution in [0.1, 0.15) is 53.4 Å². The fraction of sp³-hybridized carbons (Fsp3) is 0.867. The number of likely N-dealkylation sites (tertiary alicyclic amines) is 1. The van der Waals surface area contributed by atoms with Crippen LogP contribution in [0.15, 0.2) is 0 Å². The van der Waals surface area contributed by atoms with Gasteiger partial charge in [0.2, 0.25) is 5.91 Å². The second-order valence-corrected chi connectivity index (χ2v) is 6.32. The molecule has 5 heteroatoms. The van der Waals surface area contributed by atoms with Crippen molar-refractivity contribution in [2.45, 2.75) is 65.0 Å². The number of rotatable bonds is 6. The first-order chi connectivity index (χ1) is 9.31. The minimum absolute atomic E-state index is 0.0705. The standard InChI is InChI=1S/C15H28N2O3/c1-5-17-10-6-7-12(17)11-16-13(18)8-9-14(19)20-15(2,3)4/h12H,5-11H2,1-4H3,(H,16,18). The summed E-state index contributed by atoms with van der Waals surface area (Å²) in [6.45, 7) is 10.4. The molecule has 1 unspecified atom stereocenters. The molecule has 0 bridgehead atoms. The topological polar surface area (TPSA) is 58.6 Å². The second kappa shape index (κ2) is 7.62. The lowest BCUT2D eigenvalue weighted by atomic mass is 10.2. The molecule has 0 radical (unpaired) electrons. The van der Waals surface area contributed by atoms with E-state index >= 15 is 0 Å². The van der Waals surface area contributed by atoms with Crippen molar-refractivity contribution in [3.05, 3.63) is 0 Å². The molecule has 0 aromatic carbocycles. The third kappa shape index (κ3) is 6.37. The van der Waals surface area contributed by atoms with E-state index in [0.29, 0.717) is 12.6 Å². The molecule has 1 atom stereocenters. The van der Waals surface area contributed by atoms with Crippen molar-refractivity contribution >= 4 is 11.9 Å². The van der Waals surface area contributed by atoms with Crippen LogP contribution in [0.5, 0.6) is 0 Å². The van der Waals surface area contributed by atoms with Gasteiger partial charge in [-0.3, -0.25) is 14.5 Å². The first-order valence-corrected chi connectivity index (χ1v) is 7.54. The number of amides is 1. The molecule has 1 heterocycles. The van der Waals surface area contributed by atoms with Gasteiger partial charge in [0.15, 0.2) is 0 Å². The molecule has 1 rings (SSSR count). The maximum Gasteiger partial charge on any atom is 0.306 e. The Morgan fingerprint density at radius 3 is 2.60 bits per heavy atom. The van der Waals surface area contributed by atoms with Crippen LogP contribution in [-0.4, -0.2) is 48.1 Å². The molecule has 1 N–H and O–H groups in total. The molecule has 1 saturated heterocycles. The number of likely N-dealkylation sites (N-methyl/N-ethyl adjacent to an activating group) is 1. The summed E-state index contributed by atoms with van der Waals surface area (Å²) in [5.74, 6) is -0.387. The molecular formula is C15H28N2O3. The fourth-order valence-corrected chi connectivity index (χ4v) is 2.47. The Hall–Kier alpha value is -1.10. The van der Waals surface area contributed by atoms with Crippen molar-refractivity contribution in [1.82, 2.24) is 10.2 Å². The quantitative estimate of drug-likeness (QED) is 0.754. The van der Waals surface area contributed by atoms with Crippen molar-refractivity contribution in [2.24, 2.45) is 0 Å². The number of nitrogens with zero attached hydrogens (tertiary/aromatic N) is 1. The number of hydrogen-bond donors (Lipinski definition) is 1. The van der Waals surface area contributed by atoms with Crippen molar-refractivity contribution in [3.63, 3.8) is 0 Å². The molecule has 5 nitrogen and oxygen atoms in total. The average molecular weight is 284 g/mol. The lowest BCUT2D eigenvalue weighted by molar-refractivity contribution is -0.155. The van der Waals surface area contributed by atoms with Crippen LogP contribution < -0.4 is 5.32 Å². The van der Waals surface area contributed by atoms with Gasteiger partial charge in [0.25, 0.3) is 0 Å². The van der Waals surface area contributed by atoms with Gasteiger partial charge in [-0.05, 0) is 46.7 Å². The molecular weight excluding hydrogens is 256 g/mol. The van der Waals surface area contributed by atoms with Crippen LogP contribution in [0, 0.1) is 0 Å². The number of carbonyl (C=O) groups is 2. The van der Waals surface area contributed by atoms with E-state index in [1.54, 1.807) is 0 Å². The molecule has 1 amide bonds. The molecule has 0 spiro atoms. The Bertz CT molecular complexity index is 337. The molecule has 0 aliphatic carbocycles. The lowest BCUT2D eigenvalue weighted by Crippen LogP contribution is -2.40. The minimum atomic E-state index is -0.487. The summed E-state index contributed by atoms with van der Waals surface area (Å²) in [5, 5.41) is 2.92. The normalized spacial score (nSPS) is 19.9. The zero-order valence-electron chi connectivity index (χ0n) is 13.2. The first kappa shape index (κ1) is 17.0. The third-order valence-electron chi connectivity index (χ3n) is 3.42. The van der Waals surface area contributed by atoms with Crippen molar-refractivity contribution in [3.8, 4) is 0 Å². The summed E-state index contributed by atoms with van der Waals surface area (Å²) in [5.41, 5.74) is -0.487. The highest BCUT2D eigenvalue weighted by atomic mass is 16.6. The molecule has 116 valence electrons. The Kier molecular flexibility index (Phi) is 6.46. The Balaban J connectivity index is 2.19. The summed E-state index contributed by atoms with van der Waals surface area (Å²) in [6.07, 6.45) is 2.69. The van der Waals surface area contributed by atoms with Gasteiger partial charge in [-0.1, -0.05) is 6.92 Å². The smallest absolute Gasteiger partial charge is 0.306 e. The predicted octanol–water partition coefficient (Wildman–Crippen LogP) is 1.71. The Morgan fingerprint density at radius 2 is 2.00 bits per heavy atom. The summed E-state index contributed by atoms with van der Waals surface area (Å²) < 4.78 is 5.17. The monoisotopic (exact) mass is 284 g/mol. The Morgan fingerprint density at radius 1 is 1.30 bits per heavy atom. The highest BCUT2D eigenvalue weighted by Gasteiger charge is 2.23. The predicted molar refractivity (Wildman–Crippen MR) is 78.4 cm³/mol. The largest absolute Gasteiger partial charge is 0.460 e. The van der Waals surface area contributed by atoms with Gasteiger partial charge in [-0.15, -0.1) is 0 Å². The van der Waals surface area contributed by atoms with Crippen LogP contribution in [0.3, 0.4) is 0 Å². The van der Waals surface area contributed by atoms with Crippen molar-refractivity contribution in [2.75, 3.05) is 19.6 Å². The van der Waals surface area contributed by atoms with E-state index in [4.69, 9.17) is 4.74 Å². The number of ether oxygens (including phenoxy) is 1. The molecule has 0 aromatic rings. The molecule has 1 aliphatic heterocycles.